The molecule has 0 unspecified atom stereocenters. The molecule has 0 amide bonds. The average molecular weight is 348 g/mol. The number of hydrogen-bond acceptors (Lipinski definition) is 3. The summed E-state index contributed by atoms with van der Waals surface area (Å²) in [5.41, 5.74) is 1.06. The average Bonchev–Trinajstić information content (AvgIpc) is 2.58. The number of aliphatic hydroxyl groups is 2. The molecule has 5 aliphatic carbocycles. The van der Waals surface area contributed by atoms with Gasteiger partial charge < -0.3 is 10.2 Å². The summed E-state index contributed by atoms with van der Waals surface area (Å²) in [6.07, 6.45) is 10.7. The zero-order chi connectivity index (χ0) is 17.4. The predicted molar refractivity (Wildman–Crippen MR) is 99.1 cm³/mol. The van der Waals surface area contributed by atoms with E-state index in [1.54, 1.807) is 0 Å². The Labute approximate surface area is 153 Å². The van der Waals surface area contributed by atoms with Gasteiger partial charge in [0.2, 0.25) is 0 Å². The fourth-order valence-electron chi connectivity index (χ4n) is 9.25. The van der Waals surface area contributed by atoms with Crippen molar-refractivity contribution in [2.75, 3.05) is 26.2 Å². The first-order valence-electron chi connectivity index (χ1n) is 11.0. The SMILES string of the molecule is C[C@@H]1[C@H]2CC[C@]3(CC[C@@H]4[C@]5(C)CCC[C@]4(CN(CCO)C5)[C@@H]3C2)[C@@H]1O. The molecule has 0 aromatic carbocycles. The van der Waals surface area contributed by atoms with Gasteiger partial charge in [0.05, 0.1) is 12.7 Å². The molecule has 5 saturated carbocycles. The second-order valence-corrected chi connectivity index (χ2v) is 10.9. The molecule has 0 radical (unpaired) electrons. The third-order valence-corrected chi connectivity index (χ3v) is 10.1. The van der Waals surface area contributed by atoms with E-state index < -0.39 is 0 Å². The van der Waals surface area contributed by atoms with Gasteiger partial charge in [-0.2, -0.15) is 0 Å². The first kappa shape index (κ1) is 17.0. The molecule has 0 aromatic rings. The lowest BCUT2D eigenvalue weighted by Gasteiger charge is -2.73. The van der Waals surface area contributed by atoms with E-state index in [-0.39, 0.29) is 18.1 Å². The van der Waals surface area contributed by atoms with Gasteiger partial charge in [-0.15, -0.1) is 0 Å². The molecular weight excluding hydrogens is 310 g/mol. The van der Waals surface area contributed by atoms with Crippen LogP contribution in [0, 0.1) is 39.9 Å². The Hall–Kier alpha value is -0.120. The van der Waals surface area contributed by atoms with Crippen LogP contribution in [-0.2, 0) is 0 Å². The smallest absolute Gasteiger partial charge is 0.0627 e. The Morgan fingerprint density at radius 2 is 1.80 bits per heavy atom. The van der Waals surface area contributed by atoms with Crippen molar-refractivity contribution < 1.29 is 10.2 Å². The van der Waals surface area contributed by atoms with E-state index in [1.165, 1.54) is 64.5 Å². The maximum Gasteiger partial charge on any atom is 0.0627 e. The van der Waals surface area contributed by atoms with E-state index in [2.05, 4.69) is 18.7 Å². The summed E-state index contributed by atoms with van der Waals surface area (Å²) in [4.78, 5) is 2.59. The number of likely N-dealkylation sites (tertiary alicyclic amines) is 1. The van der Waals surface area contributed by atoms with Crippen LogP contribution in [-0.4, -0.2) is 47.5 Å². The Bertz CT molecular complexity index is 552. The van der Waals surface area contributed by atoms with Crippen LogP contribution in [0.1, 0.15) is 65.2 Å². The van der Waals surface area contributed by atoms with Gasteiger partial charge in [-0.05, 0) is 79.4 Å². The highest BCUT2D eigenvalue weighted by molar-refractivity contribution is 5.19. The van der Waals surface area contributed by atoms with Crippen molar-refractivity contribution in [3.05, 3.63) is 0 Å². The third-order valence-electron chi connectivity index (χ3n) is 10.1. The van der Waals surface area contributed by atoms with Gasteiger partial charge in [-0.3, -0.25) is 4.90 Å². The number of hydrogen-bond donors (Lipinski definition) is 2. The lowest BCUT2D eigenvalue weighted by atomic mass is 9.34. The monoisotopic (exact) mass is 347 g/mol. The number of aliphatic hydroxyl groups excluding tert-OH is 2. The van der Waals surface area contributed by atoms with E-state index in [1.807, 2.05) is 0 Å². The van der Waals surface area contributed by atoms with Crippen molar-refractivity contribution >= 4 is 0 Å². The summed E-state index contributed by atoms with van der Waals surface area (Å²) in [5, 5.41) is 20.9. The molecule has 4 bridgehead atoms. The molecule has 1 aliphatic heterocycles. The summed E-state index contributed by atoms with van der Waals surface area (Å²) >= 11 is 0. The van der Waals surface area contributed by atoms with Gasteiger partial charge in [0.15, 0.2) is 0 Å². The lowest BCUT2D eigenvalue weighted by molar-refractivity contribution is -0.266. The van der Waals surface area contributed by atoms with Crippen LogP contribution in [0.5, 0.6) is 0 Å². The van der Waals surface area contributed by atoms with Gasteiger partial charge in [0.1, 0.15) is 0 Å². The maximum absolute atomic E-state index is 11.3. The minimum Gasteiger partial charge on any atom is -0.395 e. The van der Waals surface area contributed by atoms with E-state index in [9.17, 15) is 10.2 Å². The van der Waals surface area contributed by atoms with Crippen LogP contribution in [0.2, 0.25) is 0 Å². The van der Waals surface area contributed by atoms with E-state index in [0.29, 0.717) is 16.7 Å². The highest BCUT2D eigenvalue weighted by atomic mass is 16.3. The molecule has 1 saturated heterocycles. The molecule has 1 heterocycles. The van der Waals surface area contributed by atoms with Gasteiger partial charge in [0.25, 0.3) is 0 Å². The van der Waals surface area contributed by atoms with Gasteiger partial charge in [-0.1, -0.05) is 20.3 Å². The van der Waals surface area contributed by atoms with Crippen LogP contribution in [0.25, 0.3) is 0 Å². The first-order valence-corrected chi connectivity index (χ1v) is 11.0. The van der Waals surface area contributed by atoms with E-state index in [0.717, 1.165) is 24.3 Å². The van der Waals surface area contributed by atoms with Crippen molar-refractivity contribution in [1.82, 2.24) is 4.90 Å². The van der Waals surface area contributed by atoms with Crippen LogP contribution in [0.4, 0.5) is 0 Å². The minimum atomic E-state index is -0.0678. The van der Waals surface area contributed by atoms with E-state index >= 15 is 0 Å². The quantitative estimate of drug-likeness (QED) is 0.805. The molecule has 1 spiro atoms. The maximum atomic E-state index is 11.3. The van der Waals surface area contributed by atoms with Crippen LogP contribution in [0.3, 0.4) is 0 Å². The predicted octanol–water partition coefficient (Wildman–Crippen LogP) is 3.29. The molecule has 25 heavy (non-hydrogen) atoms. The van der Waals surface area contributed by atoms with Gasteiger partial charge >= 0.3 is 0 Å². The number of β-amino-alcohol motifs (C(OH)–C–C–N with tert-alkyl or cyclic N) is 1. The summed E-state index contributed by atoms with van der Waals surface area (Å²) in [6, 6.07) is 0. The third kappa shape index (κ3) is 2.04. The minimum absolute atomic E-state index is 0.0678. The van der Waals surface area contributed by atoms with Crippen LogP contribution < -0.4 is 0 Å². The zero-order valence-electron chi connectivity index (χ0n) is 16.2. The van der Waals surface area contributed by atoms with Crippen LogP contribution in [0.15, 0.2) is 0 Å². The summed E-state index contributed by atoms with van der Waals surface area (Å²) in [6.45, 7) is 8.37. The van der Waals surface area contributed by atoms with Crippen molar-refractivity contribution in [1.29, 1.82) is 0 Å². The Morgan fingerprint density at radius 3 is 2.60 bits per heavy atom. The molecule has 3 nitrogen and oxygen atoms in total. The Kier molecular flexibility index (Phi) is 3.71. The number of nitrogens with zero attached hydrogens (tertiary/aromatic N) is 1. The highest BCUT2D eigenvalue weighted by Gasteiger charge is 2.69. The fraction of sp³-hybridized carbons (Fsp3) is 1.00. The molecule has 3 heteroatoms. The van der Waals surface area contributed by atoms with Gasteiger partial charge in [-0.25, -0.2) is 0 Å². The fourth-order valence-corrected chi connectivity index (χ4v) is 9.25. The highest BCUT2D eigenvalue weighted by Crippen LogP contribution is 2.73. The molecule has 6 aliphatic rings. The number of rotatable bonds is 2. The number of fused-ring (bicyclic) bond motifs is 2. The summed E-state index contributed by atoms with van der Waals surface area (Å²) in [7, 11) is 0. The molecule has 6 rings (SSSR count). The molecular formula is C22H37NO2. The summed E-state index contributed by atoms with van der Waals surface area (Å²) in [5.74, 6) is 2.83. The van der Waals surface area contributed by atoms with Crippen molar-refractivity contribution in [2.24, 2.45) is 39.9 Å². The van der Waals surface area contributed by atoms with E-state index in [4.69, 9.17) is 0 Å². The topological polar surface area (TPSA) is 43.7 Å². The molecule has 0 aromatic heterocycles. The normalized spacial score (nSPS) is 57.8. The second-order valence-electron chi connectivity index (χ2n) is 10.9. The largest absolute Gasteiger partial charge is 0.395 e. The Morgan fingerprint density at radius 1 is 1.00 bits per heavy atom. The summed E-state index contributed by atoms with van der Waals surface area (Å²) < 4.78 is 0. The molecule has 142 valence electrons. The van der Waals surface area contributed by atoms with Crippen molar-refractivity contribution in [3.8, 4) is 0 Å². The first-order chi connectivity index (χ1) is 12.0. The van der Waals surface area contributed by atoms with Crippen molar-refractivity contribution in [2.45, 2.75) is 71.3 Å². The number of piperidine rings is 1. The van der Waals surface area contributed by atoms with Crippen molar-refractivity contribution in [3.63, 3.8) is 0 Å². The zero-order valence-corrected chi connectivity index (χ0v) is 16.2. The molecule has 6 fully saturated rings. The van der Waals surface area contributed by atoms with Gasteiger partial charge in [0, 0.05) is 25.0 Å². The molecule has 8 atom stereocenters. The van der Waals surface area contributed by atoms with Crippen LogP contribution >= 0.6 is 0 Å². The Balaban J connectivity index is 1.58. The molecule has 2 N–H and O–H groups in total. The second kappa shape index (κ2) is 5.45. The standard InChI is InChI=1S/C22H37NO2/c1-15-16-4-8-21(19(15)25)9-5-17-20(2)6-3-7-22(17,18(21)12-16)14-23(13-20)10-11-24/h15-19,24-25H,3-14H2,1-2H3/t15-,16+,17-,18-,19-,20-,21-,22-/m1/s1. The lowest BCUT2D eigenvalue weighted by Crippen LogP contribution is -2.71.